The van der Waals surface area contributed by atoms with Crippen LogP contribution < -0.4 is 10.2 Å². The number of hydrogen-bond acceptors (Lipinski definition) is 6. The molecule has 1 N–H and O–H groups in total. The van der Waals surface area contributed by atoms with Crippen molar-refractivity contribution in [2.45, 2.75) is 43.7 Å². The Morgan fingerprint density at radius 2 is 1.34 bits per heavy atom. The molecule has 0 bridgehead atoms. The molecule has 0 saturated carbocycles. The number of hydrogen-bond donors (Lipinski definition) is 1. The average Bonchev–Trinajstić information content (AvgIpc) is 3.16. The van der Waals surface area contributed by atoms with Crippen molar-refractivity contribution in [2.24, 2.45) is 4.99 Å². The summed E-state index contributed by atoms with van der Waals surface area (Å²) in [6.07, 6.45) is 12.2. The molecule has 47 heavy (non-hydrogen) atoms. The molecule has 2 saturated heterocycles. The molecule has 2 aliphatic rings. The van der Waals surface area contributed by atoms with E-state index in [1.54, 1.807) is 6.33 Å². The standard InChI is InChI=1S/C41H44N6/c1-42-29-33(30-45-41(34-14-6-2-7-15-34,35-16-8-3-9-17-35)36-18-10-4-11-19-36)32-20-21-39-38(28-32)40(44-31-43-39)47-26-22-37(23-27-47)46-24-12-5-13-25-46/h2-4,6-11,14-21,28-31,37,45H,5,12-13,22-27H2,1H3/b33-30+,42-29?. The minimum Gasteiger partial charge on any atom is -0.373 e. The number of aromatic nitrogens is 2. The first-order valence-electron chi connectivity index (χ1n) is 17.1. The second-order valence-electron chi connectivity index (χ2n) is 12.7. The van der Waals surface area contributed by atoms with Gasteiger partial charge in [0.15, 0.2) is 0 Å². The summed E-state index contributed by atoms with van der Waals surface area (Å²) in [5.41, 5.74) is 5.86. The molecule has 6 nitrogen and oxygen atoms in total. The van der Waals surface area contributed by atoms with E-state index < -0.39 is 5.54 Å². The van der Waals surface area contributed by atoms with Crippen molar-refractivity contribution in [3.63, 3.8) is 0 Å². The van der Waals surface area contributed by atoms with Crippen molar-refractivity contribution in [1.82, 2.24) is 20.2 Å². The number of aliphatic imine (C=N–C) groups is 1. The number of anilines is 1. The SMILES string of the molecule is CN=C/C(=C\NC(c1ccccc1)(c1ccccc1)c1ccccc1)c1ccc2ncnc(N3CCC(N4CCCCC4)CC3)c2c1. The second kappa shape index (κ2) is 14.3. The fourth-order valence-electron chi connectivity index (χ4n) is 7.54. The third-order valence-electron chi connectivity index (χ3n) is 9.95. The number of fused-ring (bicyclic) bond motifs is 1. The maximum Gasteiger partial charge on any atom is 0.139 e. The summed E-state index contributed by atoms with van der Waals surface area (Å²) in [6, 6.07) is 39.2. The third-order valence-corrected chi connectivity index (χ3v) is 9.95. The summed E-state index contributed by atoms with van der Waals surface area (Å²) in [7, 11) is 1.83. The van der Waals surface area contributed by atoms with Crippen molar-refractivity contribution in [1.29, 1.82) is 0 Å². The lowest BCUT2D eigenvalue weighted by Crippen LogP contribution is -2.47. The largest absolute Gasteiger partial charge is 0.373 e. The summed E-state index contributed by atoms with van der Waals surface area (Å²) in [4.78, 5) is 19.2. The van der Waals surface area contributed by atoms with E-state index in [-0.39, 0.29) is 0 Å². The van der Waals surface area contributed by atoms with Crippen LogP contribution in [-0.4, -0.2) is 60.4 Å². The van der Waals surface area contributed by atoms with Crippen molar-refractivity contribution in [3.05, 3.63) is 144 Å². The van der Waals surface area contributed by atoms with Gasteiger partial charge in [-0.15, -0.1) is 0 Å². The molecule has 0 amide bonds. The Morgan fingerprint density at radius 1 is 0.745 bits per heavy atom. The van der Waals surface area contributed by atoms with Gasteiger partial charge in [0, 0.05) is 49.6 Å². The van der Waals surface area contributed by atoms with Crippen molar-refractivity contribution in [3.8, 4) is 0 Å². The molecular formula is C41H44N6. The van der Waals surface area contributed by atoms with Crippen LogP contribution >= 0.6 is 0 Å². The van der Waals surface area contributed by atoms with Crippen molar-refractivity contribution in [2.75, 3.05) is 38.1 Å². The van der Waals surface area contributed by atoms with Gasteiger partial charge in [-0.05, 0) is 73.2 Å². The predicted molar refractivity (Wildman–Crippen MR) is 195 cm³/mol. The molecule has 0 spiro atoms. The normalized spacial score (nSPS) is 17.0. The fourth-order valence-corrected chi connectivity index (χ4v) is 7.54. The fraction of sp³-hybridized carbons (Fsp3) is 0.293. The van der Waals surface area contributed by atoms with Gasteiger partial charge in [0.2, 0.25) is 0 Å². The molecule has 0 aliphatic carbocycles. The number of nitrogens with one attached hydrogen (secondary N) is 1. The molecule has 0 radical (unpaired) electrons. The lowest BCUT2D eigenvalue weighted by molar-refractivity contribution is 0.141. The monoisotopic (exact) mass is 620 g/mol. The molecule has 6 heteroatoms. The van der Waals surface area contributed by atoms with Crippen LogP contribution in [0, 0.1) is 0 Å². The zero-order chi connectivity index (χ0) is 31.9. The van der Waals surface area contributed by atoms with Gasteiger partial charge >= 0.3 is 0 Å². The first-order valence-corrected chi connectivity index (χ1v) is 17.1. The van der Waals surface area contributed by atoms with Gasteiger partial charge in [-0.2, -0.15) is 0 Å². The number of allylic oxidation sites excluding steroid dienone is 1. The van der Waals surface area contributed by atoms with Crippen molar-refractivity contribution < 1.29 is 0 Å². The topological polar surface area (TPSA) is 56.7 Å². The molecule has 4 aromatic carbocycles. The zero-order valence-electron chi connectivity index (χ0n) is 27.3. The summed E-state index contributed by atoms with van der Waals surface area (Å²) >= 11 is 0. The molecule has 1 aromatic heterocycles. The van der Waals surface area contributed by atoms with Crippen LogP contribution in [0.4, 0.5) is 5.82 Å². The Morgan fingerprint density at radius 3 is 1.91 bits per heavy atom. The molecule has 0 atom stereocenters. The maximum atomic E-state index is 4.85. The Hall–Kier alpha value is -4.81. The van der Waals surface area contributed by atoms with Gasteiger partial charge in [0.25, 0.3) is 0 Å². The van der Waals surface area contributed by atoms with Crippen LogP contribution in [0.25, 0.3) is 16.5 Å². The quantitative estimate of drug-likeness (QED) is 0.135. The number of piperidine rings is 2. The van der Waals surface area contributed by atoms with Gasteiger partial charge < -0.3 is 15.1 Å². The van der Waals surface area contributed by atoms with Gasteiger partial charge in [0.1, 0.15) is 17.7 Å². The molecule has 0 unspecified atom stereocenters. The Kier molecular flexibility index (Phi) is 9.38. The highest BCUT2D eigenvalue weighted by molar-refractivity contribution is 6.11. The highest BCUT2D eigenvalue weighted by Crippen LogP contribution is 2.37. The molecular weight excluding hydrogens is 576 g/mol. The van der Waals surface area contributed by atoms with E-state index in [4.69, 9.17) is 4.98 Å². The van der Waals surface area contributed by atoms with E-state index in [1.807, 2.05) is 13.3 Å². The van der Waals surface area contributed by atoms with Gasteiger partial charge in [-0.1, -0.05) is 103 Å². The van der Waals surface area contributed by atoms with Crippen LogP contribution in [0.2, 0.25) is 0 Å². The maximum absolute atomic E-state index is 4.85. The van der Waals surface area contributed by atoms with E-state index in [9.17, 15) is 0 Å². The molecule has 5 aromatic rings. The minimum atomic E-state index is -0.625. The van der Waals surface area contributed by atoms with E-state index in [1.165, 1.54) is 45.2 Å². The smallest absolute Gasteiger partial charge is 0.139 e. The lowest BCUT2D eigenvalue weighted by atomic mass is 9.77. The lowest BCUT2D eigenvalue weighted by Gasteiger charge is -2.40. The first-order chi connectivity index (χ1) is 23.3. The third kappa shape index (κ3) is 6.43. The summed E-state index contributed by atoms with van der Waals surface area (Å²) in [5.74, 6) is 1.03. The molecule has 3 heterocycles. The Balaban J connectivity index is 1.26. The Labute approximate surface area is 278 Å². The number of benzene rings is 4. The minimum absolute atomic E-state index is 0.625. The van der Waals surface area contributed by atoms with Gasteiger partial charge in [-0.25, -0.2) is 9.97 Å². The van der Waals surface area contributed by atoms with E-state index >= 15 is 0 Å². The zero-order valence-corrected chi connectivity index (χ0v) is 27.3. The second-order valence-corrected chi connectivity index (χ2v) is 12.7. The number of nitrogens with zero attached hydrogens (tertiary/aromatic N) is 5. The van der Waals surface area contributed by atoms with Crippen LogP contribution in [0.15, 0.2) is 127 Å². The predicted octanol–water partition coefficient (Wildman–Crippen LogP) is 7.71. The highest BCUT2D eigenvalue weighted by Gasteiger charge is 2.35. The van der Waals surface area contributed by atoms with Gasteiger partial charge in [0.05, 0.1) is 5.52 Å². The first kappa shape index (κ1) is 30.8. The highest BCUT2D eigenvalue weighted by atomic mass is 15.2. The Bertz CT molecular complexity index is 1710. The number of rotatable bonds is 9. The summed E-state index contributed by atoms with van der Waals surface area (Å²) in [6.45, 7) is 4.55. The number of likely N-dealkylation sites (tertiary alicyclic amines) is 1. The van der Waals surface area contributed by atoms with Crippen LogP contribution in [0.1, 0.15) is 54.4 Å². The molecule has 238 valence electrons. The van der Waals surface area contributed by atoms with Crippen LogP contribution in [-0.2, 0) is 5.54 Å². The van der Waals surface area contributed by atoms with Gasteiger partial charge in [-0.3, -0.25) is 4.99 Å². The van der Waals surface area contributed by atoms with E-state index in [0.717, 1.165) is 57.6 Å². The summed E-state index contributed by atoms with van der Waals surface area (Å²) < 4.78 is 0. The van der Waals surface area contributed by atoms with Crippen LogP contribution in [0.5, 0.6) is 0 Å². The molecule has 2 fully saturated rings. The van der Waals surface area contributed by atoms with Crippen molar-refractivity contribution >= 4 is 28.5 Å². The average molecular weight is 621 g/mol. The van der Waals surface area contributed by atoms with Crippen LogP contribution in [0.3, 0.4) is 0 Å². The van der Waals surface area contributed by atoms with E-state index in [2.05, 4.69) is 140 Å². The molecule has 7 rings (SSSR count). The summed E-state index contributed by atoms with van der Waals surface area (Å²) in [5, 5.41) is 5.01. The van der Waals surface area contributed by atoms with E-state index in [0.29, 0.717) is 6.04 Å². The molecule has 2 aliphatic heterocycles.